The van der Waals surface area contributed by atoms with Gasteiger partial charge in [0.1, 0.15) is 12.3 Å². The first-order valence-corrected chi connectivity index (χ1v) is 10.9. The van der Waals surface area contributed by atoms with Gasteiger partial charge in [0.25, 0.3) is 5.91 Å². The second kappa shape index (κ2) is 9.54. The number of nitriles is 1. The average Bonchev–Trinajstić information content (AvgIpc) is 3.46. The first-order chi connectivity index (χ1) is 16.7. The van der Waals surface area contributed by atoms with Crippen LogP contribution in [0, 0.1) is 11.3 Å². The van der Waals surface area contributed by atoms with Gasteiger partial charge in [0.05, 0.1) is 43.2 Å². The Kier molecular flexibility index (Phi) is 6.51. The number of aromatic nitrogens is 4. The Morgan fingerprint density at radius 1 is 1.17 bits per heavy atom. The molecule has 1 amide bonds. The Bertz CT molecular complexity index is 1380. The first-order valence-electron chi connectivity index (χ1n) is 10.9. The van der Waals surface area contributed by atoms with Crippen molar-refractivity contribution in [1.29, 1.82) is 5.26 Å². The molecule has 2 aromatic carbocycles. The van der Waals surface area contributed by atoms with Crippen molar-refractivity contribution in [3.63, 3.8) is 0 Å². The van der Waals surface area contributed by atoms with Gasteiger partial charge in [-0.25, -0.2) is 0 Å². The van der Waals surface area contributed by atoms with E-state index in [1.807, 2.05) is 30.3 Å². The van der Waals surface area contributed by atoms with Crippen molar-refractivity contribution in [2.45, 2.75) is 38.4 Å². The number of hydrogen-bond acceptors (Lipinski definition) is 5. The number of rotatable bonds is 8. The van der Waals surface area contributed by atoms with Crippen LogP contribution in [-0.4, -0.2) is 44.5 Å². The molecule has 1 N–H and O–H groups in total. The number of hydrogen-bond donors (Lipinski definition) is 1. The summed E-state index contributed by atoms with van der Waals surface area (Å²) in [6.07, 6.45) is 5.17. The van der Waals surface area contributed by atoms with Gasteiger partial charge < -0.3 is 10.1 Å². The summed E-state index contributed by atoms with van der Waals surface area (Å²) in [7, 11) is 1.56. The highest BCUT2D eigenvalue weighted by molar-refractivity contribution is 5.85. The minimum absolute atomic E-state index is 0.157. The number of alkyl halides is 2. The van der Waals surface area contributed by atoms with Crippen LogP contribution in [0.15, 0.2) is 61.1 Å². The van der Waals surface area contributed by atoms with E-state index < -0.39 is 23.9 Å². The number of halogens is 2. The molecular weight excluding hydrogens is 454 g/mol. The second-order valence-corrected chi connectivity index (χ2v) is 8.32. The maximum absolute atomic E-state index is 13.6. The van der Waals surface area contributed by atoms with Crippen LogP contribution < -0.4 is 10.1 Å². The molecule has 0 spiro atoms. The van der Waals surface area contributed by atoms with Gasteiger partial charge in [0.15, 0.2) is 0 Å². The van der Waals surface area contributed by atoms with Gasteiger partial charge in [0.2, 0.25) is 0 Å². The van der Waals surface area contributed by atoms with Crippen LogP contribution in [0.2, 0.25) is 0 Å². The molecule has 35 heavy (non-hydrogen) atoms. The van der Waals surface area contributed by atoms with Crippen LogP contribution in [0.5, 0.6) is 5.75 Å². The number of ether oxygens (including phenoxy) is 1. The van der Waals surface area contributed by atoms with Crippen molar-refractivity contribution < 1.29 is 18.3 Å². The zero-order valence-corrected chi connectivity index (χ0v) is 19.4. The molecule has 2 aromatic heterocycles. The maximum atomic E-state index is 13.6. The lowest BCUT2D eigenvalue weighted by atomic mass is 9.99. The molecule has 180 valence electrons. The molecule has 2 atom stereocenters. The Hall–Kier alpha value is -4.26. The third-order valence-electron chi connectivity index (χ3n) is 5.75. The molecule has 4 aromatic rings. The molecule has 4 rings (SSSR count). The number of carbonyl (C=O) groups excluding carboxylic acids is 1. The zero-order valence-electron chi connectivity index (χ0n) is 19.4. The average molecular weight is 479 g/mol. The monoisotopic (exact) mass is 478 g/mol. The quantitative estimate of drug-likeness (QED) is 0.410. The lowest BCUT2D eigenvalue weighted by Gasteiger charge is -2.27. The van der Waals surface area contributed by atoms with E-state index in [1.54, 1.807) is 54.1 Å². The van der Waals surface area contributed by atoms with Crippen LogP contribution in [0.3, 0.4) is 0 Å². The number of benzene rings is 2. The van der Waals surface area contributed by atoms with Gasteiger partial charge >= 0.3 is 5.92 Å². The lowest BCUT2D eigenvalue weighted by molar-refractivity contribution is -0.143. The normalized spacial score (nSPS) is 13.3. The number of methoxy groups -OCH3 is 1. The number of carbonyl (C=O) groups is 1. The van der Waals surface area contributed by atoms with Crippen LogP contribution in [0.1, 0.15) is 25.5 Å². The zero-order chi connectivity index (χ0) is 25.2. The minimum Gasteiger partial charge on any atom is -0.497 e. The smallest absolute Gasteiger partial charge is 0.321 e. The summed E-state index contributed by atoms with van der Waals surface area (Å²) in [5, 5.41) is 20.9. The Balaban J connectivity index is 1.74. The predicted octanol–water partition coefficient (Wildman–Crippen LogP) is 4.18. The van der Waals surface area contributed by atoms with E-state index in [0.717, 1.165) is 27.6 Å². The molecular formula is C25H24F2N6O2. The molecule has 2 heterocycles. The van der Waals surface area contributed by atoms with E-state index >= 15 is 0 Å². The SMILES string of the molecule is COc1ccc(C([C@@H](C)NC(=O)C(C)(F)F)n2ncc3cc(-c4cnn(CC#N)c4)ccc32)cc1. The third-order valence-corrected chi connectivity index (χ3v) is 5.75. The third kappa shape index (κ3) is 4.99. The van der Waals surface area contributed by atoms with Crippen molar-refractivity contribution in [3.8, 4) is 22.9 Å². The maximum Gasteiger partial charge on any atom is 0.321 e. The molecule has 0 fully saturated rings. The summed E-state index contributed by atoms with van der Waals surface area (Å²) in [5.74, 6) is -4.21. The summed E-state index contributed by atoms with van der Waals surface area (Å²) in [5.41, 5.74) is 3.29. The fourth-order valence-corrected chi connectivity index (χ4v) is 3.98. The Morgan fingerprint density at radius 3 is 2.57 bits per heavy atom. The summed E-state index contributed by atoms with van der Waals surface area (Å²) in [4.78, 5) is 12.1. The van der Waals surface area contributed by atoms with Gasteiger partial charge in [0, 0.05) is 24.1 Å². The van der Waals surface area contributed by atoms with Crippen molar-refractivity contribution in [2.24, 2.45) is 0 Å². The van der Waals surface area contributed by atoms with Crippen LogP contribution >= 0.6 is 0 Å². The van der Waals surface area contributed by atoms with E-state index in [0.29, 0.717) is 12.7 Å². The highest BCUT2D eigenvalue weighted by atomic mass is 19.3. The number of fused-ring (bicyclic) bond motifs is 1. The fourth-order valence-electron chi connectivity index (χ4n) is 3.98. The van der Waals surface area contributed by atoms with E-state index in [2.05, 4.69) is 21.6 Å². The Labute approximate surface area is 200 Å². The molecule has 0 bridgehead atoms. The molecule has 0 radical (unpaired) electrons. The summed E-state index contributed by atoms with van der Waals surface area (Å²) < 4.78 is 35.7. The van der Waals surface area contributed by atoms with Crippen molar-refractivity contribution in [2.75, 3.05) is 7.11 Å². The molecule has 1 unspecified atom stereocenters. The number of nitrogens with one attached hydrogen (secondary N) is 1. The number of amides is 1. The largest absolute Gasteiger partial charge is 0.497 e. The van der Waals surface area contributed by atoms with E-state index in [-0.39, 0.29) is 6.54 Å². The van der Waals surface area contributed by atoms with E-state index in [1.165, 1.54) is 0 Å². The lowest BCUT2D eigenvalue weighted by Crippen LogP contribution is -2.46. The molecule has 0 aliphatic heterocycles. The minimum atomic E-state index is -3.50. The van der Waals surface area contributed by atoms with Crippen LogP contribution in [-0.2, 0) is 11.3 Å². The number of nitrogens with zero attached hydrogens (tertiary/aromatic N) is 5. The summed E-state index contributed by atoms with van der Waals surface area (Å²) in [6.45, 7) is 2.40. The van der Waals surface area contributed by atoms with Gasteiger partial charge in [-0.3, -0.25) is 14.2 Å². The van der Waals surface area contributed by atoms with Gasteiger partial charge in [-0.05, 0) is 42.3 Å². The molecule has 0 saturated heterocycles. The fraction of sp³-hybridized carbons (Fsp3) is 0.280. The summed E-state index contributed by atoms with van der Waals surface area (Å²) in [6, 6.07) is 13.7. The Morgan fingerprint density at radius 2 is 1.91 bits per heavy atom. The van der Waals surface area contributed by atoms with Gasteiger partial charge in [-0.1, -0.05) is 18.2 Å². The van der Waals surface area contributed by atoms with Crippen LogP contribution in [0.4, 0.5) is 8.78 Å². The molecule has 8 nitrogen and oxygen atoms in total. The van der Waals surface area contributed by atoms with Crippen molar-refractivity contribution >= 4 is 16.8 Å². The van der Waals surface area contributed by atoms with Crippen molar-refractivity contribution in [1.82, 2.24) is 24.9 Å². The molecule has 0 saturated carbocycles. The molecule has 0 aliphatic carbocycles. The van der Waals surface area contributed by atoms with E-state index in [4.69, 9.17) is 10.00 Å². The van der Waals surface area contributed by atoms with Gasteiger partial charge in [-0.15, -0.1) is 0 Å². The standard InChI is InChI=1S/C25H24F2N6O2/c1-16(31-24(34)25(2,26)27)23(17-4-7-21(35-3)8-5-17)33-22-9-6-18(12-19(22)13-30-33)20-14-29-32(15-20)11-10-28/h4-9,12-16,23H,11H2,1-3H3,(H,31,34)/t16-,23?/m1/s1. The molecule has 0 aliphatic rings. The van der Waals surface area contributed by atoms with Crippen LogP contribution in [0.25, 0.3) is 22.0 Å². The summed E-state index contributed by atoms with van der Waals surface area (Å²) >= 11 is 0. The second-order valence-electron chi connectivity index (χ2n) is 8.32. The van der Waals surface area contributed by atoms with Gasteiger partial charge in [-0.2, -0.15) is 24.2 Å². The highest BCUT2D eigenvalue weighted by Gasteiger charge is 2.35. The first kappa shape index (κ1) is 23.9. The molecule has 10 heteroatoms. The predicted molar refractivity (Wildman–Crippen MR) is 126 cm³/mol. The topological polar surface area (TPSA) is 97.8 Å². The highest BCUT2D eigenvalue weighted by Crippen LogP contribution is 2.30. The van der Waals surface area contributed by atoms with Crippen molar-refractivity contribution in [3.05, 3.63) is 66.6 Å². The van der Waals surface area contributed by atoms with E-state index in [9.17, 15) is 13.6 Å².